The zero-order chi connectivity index (χ0) is 13.1. The second-order valence-electron chi connectivity index (χ2n) is 4.52. The topological polar surface area (TPSA) is 71.9 Å². The molecule has 0 N–H and O–H groups in total. The molecule has 1 unspecified atom stereocenters. The first-order valence-corrected chi connectivity index (χ1v) is 6.27. The Kier molecular flexibility index (Phi) is 3.15. The molecule has 5 heteroatoms. The van der Waals surface area contributed by atoms with Crippen molar-refractivity contribution in [1.82, 2.24) is 10.1 Å². The van der Waals surface area contributed by atoms with Crippen LogP contribution in [0.25, 0.3) is 0 Å². The summed E-state index contributed by atoms with van der Waals surface area (Å²) in [7, 11) is 0. The fraction of sp³-hybridized carbons (Fsp3) is 0.357. The van der Waals surface area contributed by atoms with Crippen molar-refractivity contribution in [1.29, 1.82) is 5.26 Å². The smallest absolute Gasteiger partial charge is 0.227 e. The summed E-state index contributed by atoms with van der Waals surface area (Å²) in [6.45, 7) is 0.564. The van der Waals surface area contributed by atoms with Gasteiger partial charge >= 0.3 is 0 Å². The van der Waals surface area contributed by atoms with E-state index in [9.17, 15) is 0 Å². The van der Waals surface area contributed by atoms with Gasteiger partial charge in [0.15, 0.2) is 5.82 Å². The summed E-state index contributed by atoms with van der Waals surface area (Å²) >= 11 is 0. The summed E-state index contributed by atoms with van der Waals surface area (Å²) in [5, 5.41) is 12.5. The zero-order valence-corrected chi connectivity index (χ0v) is 10.4. The highest BCUT2D eigenvalue weighted by molar-refractivity contribution is 5.36. The lowest BCUT2D eigenvalue weighted by atomic mass is 9.96. The summed E-state index contributed by atoms with van der Waals surface area (Å²) in [6.07, 6.45) is 1.76. The van der Waals surface area contributed by atoms with Gasteiger partial charge in [-0.2, -0.15) is 10.2 Å². The molecule has 1 atom stereocenters. The Labute approximate surface area is 110 Å². The Hall–Kier alpha value is -2.35. The van der Waals surface area contributed by atoms with Crippen LogP contribution in [0.1, 0.15) is 29.6 Å². The molecule has 0 fully saturated rings. The quantitative estimate of drug-likeness (QED) is 0.841. The predicted octanol–water partition coefficient (Wildman–Crippen LogP) is 2.24. The van der Waals surface area contributed by atoms with Crippen LogP contribution in [0.4, 0.5) is 0 Å². The SMILES string of the molecule is N#CCCc1nc(C2COc3ccccc3C2)no1. The molecule has 2 heterocycles. The van der Waals surface area contributed by atoms with E-state index in [0.717, 1.165) is 12.2 Å². The standard InChI is InChI=1S/C14H13N3O2/c15-7-3-6-13-16-14(17-19-13)11-8-10-4-1-2-5-12(10)18-9-11/h1-2,4-5,11H,3,6,8-9H2. The fourth-order valence-electron chi connectivity index (χ4n) is 2.19. The van der Waals surface area contributed by atoms with Gasteiger partial charge in [0.25, 0.3) is 0 Å². The van der Waals surface area contributed by atoms with E-state index in [4.69, 9.17) is 14.5 Å². The highest BCUT2D eigenvalue weighted by Gasteiger charge is 2.25. The van der Waals surface area contributed by atoms with Crippen LogP contribution in [0, 0.1) is 11.3 Å². The van der Waals surface area contributed by atoms with Gasteiger partial charge in [0.1, 0.15) is 5.75 Å². The summed E-state index contributed by atoms with van der Waals surface area (Å²) in [5.74, 6) is 2.25. The minimum absolute atomic E-state index is 0.120. The van der Waals surface area contributed by atoms with E-state index < -0.39 is 0 Å². The Morgan fingerprint density at radius 3 is 3.16 bits per heavy atom. The third-order valence-electron chi connectivity index (χ3n) is 3.18. The van der Waals surface area contributed by atoms with Gasteiger partial charge in [-0.3, -0.25) is 0 Å². The third kappa shape index (κ3) is 2.43. The molecule has 1 aliphatic rings. The van der Waals surface area contributed by atoms with E-state index in [-0.39, 0.29) is 5.92 Å². The average Bonchev–Trinajstić information content (AvgIpc) is 2.93. The fourth-order valence-corrected chi connectivity index (χ4v) is 2.19. The maximum Gasteiger partial charge on any atom is 0.227 e. The van der Waals surface area contributed by atoms with E-state index in [1.165, 1.54) is 5.56 Å². The van der Waals surface area contributed by atoms with E-state index >= 15 is 0 Å². The maximum absolute atomic E-state index is 8.53. The molecule has 0 saturated heterocycles. The number of aryl methyl sites for hydroxylation is 1. The van der Waals surface area contributed by atoms with Crippen LogP contribution in [0.5, 0.6) is 5.75 Å². The minimum atomic E-state index is 0.120. The largest absolute Gasteiger partial charge is 0.493 e. The van der Waals surface area contributed by atoms with Crippen molar-refractivity contribution in [3.63, 3.8) is 0 Å². The van der Waals surface area contributed by atoms with Gasteiger partial charge in [0, 0.05) is 12.8 Å². The summed E-state index contributed by atoms with van der Waals surface area (Å²) in [5.41, 5.74) is 1.17. The molecule has 5 nitrogen and oxygen atoms in total. The lowest BCUT2D eigenvalue weighted by Crippen LogP contribution is -2.20. The van der Waals surface area contributed by atoms with Crippen molar-refractivity contribution < 1.29 is 9.26 Å². The molecule has 19 heavy (non-hydrogen) atoms. The van der Waals surface area contributed by atoms with Crippen molar-refractivity contribution in [2.45, 2.75) is 25.2 Å². The van der Waals surface area contributed by atoms with Gasteiger partial charge < -0.3 is 9.26 Å². The van der Waals surface area contributed by atoms with Gasteiger partial charge in [-0.1, -0.05) is 23.4 Å². The minimum Gasteiger partial charge on any atom is -0.493 e. The Balaban J connectivity index is 1.74. The van der Waals surface area contributed by atoms with Crippen LogP contribution in [-0.2, 0) is 12.8 Å². The molecule has 96 valence electrons. The summed E-state index contributed by atoms with van der Waals surface area (Å²) in [6, 6.07) is 10.1. The van der Waals surface area contributed by atoms with Crippen LogP contribution in [0.15, 0.2) is 28.8 Å². The number of para-hydroxylation sites is 1. The first-order valence-electron chi connectivity index (χ1n) is 6.27. The molecule has 0 bridgehead atoms. The van der Waals surface area contributed by atoms with Gasteiger partial charge in [0.05, 0.1) is 18.6 Å². The molecule has 0 amide bonds. The number of hydrogen-bond acceptors (Lipinski definition) is 5. The van der Waals surface area contributed by atoms with E-state index in [0.29, 0.717) is 31.2 Å². The van der Waals surface area contributed by atoms with Crippen molar-refractivity contribution in [2.75, 3.05) is 6.61 Å². The monoisotopic (exact) mass is 255 g/mol. The summed E-state index contributed by atoms with van der Waals surface area (Å²) < 4.78 is 10.8. The molecular weight excluding hydrogens is 242 g/mol. The van der Waals surface area contributed by atoms with Gasteiger partial charge in [-0.15, -0.1) is 0 Å². The van der Waals surface area contributed by atoms with Crippen molar-refractivity contribution in [2.24, 2.45) is 0 Å². The Bertz CT molecular complexity index is 615. The molecule has 1 aliphatic heterocycles. The Morgan fingerprint density at radius 1 is 1.37 bits per heavy atom. The maximum atomic E-state index is 8.53. The van der Waals surface area contributed by atoms with Crippen LogP contribution in [-0.4, -0.2) is 16.7 Å². The molecule has 1 aromatic heterocycles. The molecule has 3 rings (SSSR count). The van der Waals surface area contributed by atoms with Gasteiger partial charge in [0.2, 0.25) is 5.89 Å². The molecule has 0 spiro atoms. The number of nitrogens with zero attached hydrogens (tertiary/aromatic N) is 3. The zero-order valence-electron chi connectivity index (χ0n) is 10.4. The molecule has 1 aromatic carbocycles. The molecule has 0 saturated carbocycles. The number of nitriles is 1. The molecule has 0 radical (unpaired) electrons. The average molecular weight is 255 g/mol. The van der Waals surface area contributed by atoms with Crippen LogP contribution in [0.3, 0.4) is 0 Å². The first-order chi connectivity index (χ1) is 9.36. The number of fused-ring (bicyclic) bond motifs is 1. The van der Waals surface area contributed by atoms with Crippen LogP contribution < -0.4 is 4.74 Å². The van der Waals surface area contributed by atoms with E-state index in [1.54, 1.807) is 0 Å². The van der Waals surface area contributed by atoms with Crippen LogP contribution >= 0.6 is 0 Å². The van der Waals surface area contributed by atoms with Crippen molar-refractivity contribution >= 4 is 0 Å². The normalized spacial score (nSPS) is 17.3. The highest BCUT2D eigenvalue weighted by atomic mass is 16.5. The Morgan fingerprint density at radius 2 is 2.26 bits per heavy atom. The predicted molar refractivity (Wildman–Crippen MR) is 66.6 cm³/mol. The second-order valence-corrected chi connectivity index (χ2v) is 4.52. The summed E-state index contributed by atoms with van der Waals surface area (Å²) in [4.78, 5) is 4.34. The van der Waals surface area contributed by atoms with Crippen LogP contribution in [0.2, 0.25) is 0 Å². The molecule has 0 aliphatic carbocycles. The van der Waals surface area contributed by atoms with E-state index in [2.05, 4.69) is 22.3 Å². The molecule has 2 aromatic rings. The molecular formula is C14H13N3O2. The van der Waals surface area contributed by atoms with Crippen molar-refractivity contribution in [3.05, 3.63) is 41.5 Å². The highest BCUT2D eigenvalue weighted by Crippen LogP contribution is 2.30. The first kappa shape index (κ1) is 11.7. The number of hydrogen-bond donors (Lipinski definition) is 0. The number of benzene rings is 1. The number of ether oxygens (including phenoxy) is 1. The second kappa shape index (κ2) is 5.11. The third-order valence-corrected chi connectivity index (χ3v) is 3.18. The van der Waals surface area contributed by atoms with E-state index in [1.807, 2.05) is 18.2 Å². The lowest BCUT2D eigenvalue weighted by Gasteiger charge is -2.22. The van der Waals surface area contributed by atoms with Gasteiger partial charge in [-0.05, 0) is 18.1 Å². The number of rotatable bonds is 3. The van der Waals surface area contributed by atoms with Crippen molar-refractivity contribution in [3.8, 4) is 11.8 Å². The lowest BCUT2D eigenvalue weighted by molar-refractivity contribution is 0.253. The van der Waals surface area contributed by atoms with Gasteiger partial charge in [-0.25, -0.2) is 0 Å². The number of aromatic nitrogens is 2.